The molecule has 0 amide bonds. The van der Waals surface area contributed by atoms with Crippen LogP contribution in [0.15, 0.2) is 12.2 Å². The fourth-order valence-corrected chi connectivity index (χ4v) is 0.761. The lowest BCUT2D eigenvalue weighted by Crippen LogP contribution is -2.32. The molecule has 74 valence electrons. The van der Waals surface area contributed by atoms with E-state index in [9.17, 15) is 14.0 Å². The fourth-order valence-electron chi connectivity index (χ4n) is 0.761. The van der Waals surface area contributed by atoms with E-state index < -0.39 is 24.0 Å². The summed E-state index contributed by atoms with van der Waals surface area (Å²) in [6, 6.07) is 0. The molecule has 1 atom stereocenters. The van der Waals surface area contributed by atoms with E-state index in [0.717, 1.165) is 14.0 Å². The third-order valence-corrected chi connectivity index (χ3v) is 1.46. The van der Waals surface area contributed by atoms with E-state index in [1.165, 1.54) is 0 Å². The maximum absolute atomic E-state index is 13.3. The molecule has 13 heavy (non-hydrogen) atoms. The predicted octanol–water partition coefficient (Wildman–Crippen LogP) is 0.918. The molecule has 0 heterocycles. The molecule has 1 unspecified atom stereocenters. The Morgan fingerprint density at radius 2 is 2.08 bits per heavy atom. The average molecular weight is 190 g/mol. The lowest BCUT2D eigenvalue weighted by atomic mass is 9.99. The summed E-state index contributed by atoms with van der Waals surface area (Å²) in [4.78, 5) is 21.0. The third-order valence-electron chi connectivity index (χ3n) is 1.46. The normalized spacial score (nSPS) is 14.4. The molecule has 0 aliphatic heterocycles. The minimum absolute atomic E-state index is 0.365. The first-order valence-electron chi connectivity index (χ1n) is 3.49. The maximum atomic E-state index is 13.3. The van der Waals surface area contributed by atoms with E-state index in [4.69, 9.17) is 5.11 Å². The van der Waals surface area contributed by atoms with Gasteiger partial charge in [-0.3, -0.25) is 0 Å². The Morgan fingerprint density at radius 1 is 1.62 bits per heavy atom. The standard InChI is InChI=1S/C8H11FO4/c1-5(6(10)11)4-8(2,9)7(12)13-3/h1,4H2,2-3H3,(H,10,11). The first-order chi connectivity index (χ1) is 5.81. The highest BCUT2D eigenvalue weighted by molar-refractivity contribution is 5.88. The molecule has 0 aliphatic carbocycles. The summed E-state index contributed by atoms with van der Waals surface area (Å²) >= 11 is 0. The number of alkyl halides is 1. The number of aliphatic carboxylic acids is 1. The van der Waals surface area contributed by atoms with Crippen LogP contribution in [0.2, 0.25) is 0 Å². The van der Waals surface area contributed by atoms with Crippen molar-refractivity contribution in [3.8, 4) is 0 Å². The Balaban J connectivity index is 4.42. The summed E-state index contributed by atoms with van der Waals surface area (Å²) in [7, 11) is 1.03. The third kappa shape index (κ3) is 3.23. The van der Waals surface area contributed by atoms with Crippen molar-refractivity contribution in [1.29, 1.82) is 0 Å². The van der Waals surface area contributed by atoms with Gasteiger partial charge in [0.15, 0.2) is 0 Å². The molecule has 0 saturated carbocycles. The van der Waals surface area contributed by atoms with Crippen molar-refractivity contribution in [2.75, 3.05) is 7.11 Å². The van der Waals surface area contributed by atoms with Gasteiger partial charge in [0.2, 0.25) is 5.67 Å². The number of methoxy groups -OCH3 is 1. The average Bonchev–Trinajstić information content (AvgIpc) is 2.01. The molecular formula is C8H11FO4. The van der Waals surface area contributed by atoms with Crippen molar-refractivity contribution in [3.63, 3.8) is 0 Å². The van der Waals surface area contributed by atoms with Gasteiger partial charge in [0.05, 0.1) is 7.11 Å². The van der Waals surface area contributed by atoms with Gasteiger partial charge in [0.25, 0.3) is 0 Å². The molecule has 0 fully saturated rings. The van der Waals surface area contributed by atoms with Gasteiger partial charge in [-0.15, -0.1) is 0 Å². The minimum atomic E-state index is -2.33. The van der Waals surface area contributed by atoms with Gasteiger partial charge in [-0.05, 0) is 6.92 Å². The molecule has 5 heteroatoms. The molecule has 0 rings (SSSR count). The van der Waals surface area contributed by atoms with Gasteiger partial charge in [0.1, 0.15) is 0 Å². The van der Waals surface area contributed by atoms with Crippen molar-refractivity contribution in [1.82, 2.24) is 0 Å². The summed E-state index contributed by atoms with van der Waals surface area (Å²) in [5, 5.41) is 8.38. The van der Waals surface area contributed by atoms with Crippen LogP contribution in [0.25, 0.3) is 0 Å². The van der Waals surface area contributed by atoms with Crippen LogP contribution in [-0.4, -0.2) is 29.8 Å². The van der Waals surface area contributed by atoms with E-state index in [1.54, 1.807) is 0 Å². The lowest BCUT2D eigenvalue weighted by Gasteiger charge is -2.16. The minimum Gasteiger partial charge on any atom is -0.478 e. The number of esters is 1. The monoisotopic (exact) mass is 190 g/mol. The van der Waals surface area contributed by atoms with Crippen LogP contribution in [-0.2, 0) is 14.3 Å². The van der Waals surface area contributed by atoms with E-state index >= 15 is 0 Å². The Morgan fingerprint density at radius 3 is 2.38 bits per heavy atom. The van der Waals surface area contributed by atoms with Gasteiger partial charge in [-0.2, -0.15) is 0 Å². The van der Waals surface area contributed by atoms with Crippen LogP contribution < -0.4 is 0 Å². The molecule has 0 radical (unpaired) electrons. The van der Waals surface area contributed by atoms with Gasteiger partial charge in [-0.1, -0.05) is 6.58 Å². The van der Waals surface area contributed by atoms with Gasteiger partial charge < -0.3 is 9.84 Å². The second-order valence-electron chi connectivity index (χ2n) is 2.77. The van der Waals surface area contributed by atoms with Gasteiger partial charge >= 0.3 is 11.9 Å². The molecule has 0 spiro atoms. The molecule has 0 aromatic rings. The fraction of sp³-hybridized carbons (Fsp3) is 0.500. The molecule has 0 saturated heterocycles. The summed E-state index contributed by atoms with van der Waals surface area (Å²) in [6.07, 6.45) is -0.574. The molecule has 0 aliphatic rings. The number of carboxylic acid groups (broad SMARTS) is 1. The number of rotatable bonds is 4. The summed E-state index contributed by atoms with van der Waals surface area (Å²) in [5.41, 5.74) is -2.69. The van der Waals surface area contributed by atoms with Crippen LogP contribution in [0.1, 0.15) is 13.3 Å². The zero-order valence-electron chi connectivity index (χ0n) is 7.46. The topological polar surface area (TPSA) is 63.6 Å². The number of carbonyl (C=O) groups excluding carboxylic acids is 1. The number of hydrogen-bond acceptors (Lipinski definition) is 3. The van der Waals surface area contributed by atoms with Crippen LogP contribution >= 0.6 is 0 Å². The van der Waals surface area contributed by atoms with Crippen molar-refractivity contribution in [2.24, 2.45) is 0 Å². The summed E-state index contributed by atoms with van der Waals surface area (Å²) in [6.45, 7) is 4.06. The first-order valence-corrected chi connectivity index (χ1v) is 3.49. The SMILES string of the molecule is C=C(CC(C)(F)C(=O)OC)C(=O)O. The van der Waals surface area contributed by atoms with Crippen LogP contribution in [0.5, 0.6) is 0 Å². The summed E-state index contributed by atoms with van der Waals surface area (Å²) in [5.74, 6) is -2.43. The number of hydrogen-bond donors (Lipinski definition) is 1. The molecule has 0 aromatic heterocycles. The molecule has 0 aromatic carbocycles. The Kier molecular flexibility index (Phi) is 3.59. The second-order valence-corrected chi connectivity index (χ2v) is 2.77. The van der Waals surface area contributed by atoms with Crippen molar-refractivity contribution < 1.29 is 23.8 Å². The largest absolute Gasteiger partial charge is 0.478 e. The maximum Gasteiger partial charge on any atom is 0.343 e. The Bertz CT molecular complexity index is 245. The number of halogens is 1. The highest BCUT2D eigenvalue weighted by Gasteiger charge is 2.36. The van der Waals surface area contributed by atoms with Crippen molar-refractivity contribution >= 4 is 11.9 Å². The van der Waals surface area contributed by atoms with E-state index in [1.807, 2.05) is 0 Å². The highest BCUT2D eigenvalue weighted by atomic mass is 19.1. The number of ether oxygens (including phenoxy) is 1. The summed E-state index contributed by atoms with van der Waals surface area (Å²) < 4.78 is 17.4. The lowest BCUT2D eigenvalue weighted by molar-refractivity contribution is -0.153. The quantitative estimate of drug-likeness (QED) is 0.528. The zero-order valence-corrected chi connectivity index (χ0v) is 7.46. The van der Waals surface area contributed by atoms with Crippen LogP contribution in [0.3, 0.4) is 0 Å². The molecule has 4 nitrogen and oxygen atoms in total. The Hall–Kier alpha value is -1.39. The molecular weight excluding hydrogens is 179 g/mol. The highest BCUT2D eigenvalue weighted by Crippen LogP contribution is 2.21. The molecule has 1 N–H and O–H groups in total. The van der Waals surface area contributed by atoms with Crippen LogP contribution in [0.4, 0.5) is 4.39 Å². The van der Waals surface area contributed by atoms with E-state index in [-0.39, 0.29) is 5.57 Å². The predicted molar refractivity (Wildman–Crippen MR) is 42.9 cm³/mol. The number of carbonyl (C=O) groups is 2. The van der Waals surface area contributed by atoms with Crippen molar-refractivity contribution in [2.45, 2.75) is 19.0 Å². The number of carboxylic acids is 1. The van der Waals surface area contributed by atoms with Gasteiger partial charge in [0, 0.05) is 12.0 Å². The smallest absolute Gasteiger partial charge is 0.343 e. The Labute approximate surface area is 75.0 Å². The van der Waals surface area contributed by atoms with Crippen molar-refractivity contribution in [3.05, 3.63) is 12.2 Å². The first kappa shape index (κ1) is 11.6. The van der Waals surface area contributed by atoms with Crippen LogP contribution in [0, 0.1) is 0 Å². The molecule has 0 bridgehead atoms. The zero-order chi connectivity index (χ0) is 10.6. The van der Waals surface area contributed by atoms with E-state index in [0.29, 0.717) is 0 Å². The van der Waals surface area contributed by atoms with Gasteiger partial charge in [-0.25, -0.2) is 14.0 Å². The second kappa shape index (κ2) is 4.02. The van der Waals surface area contributed by atoms with E-state index in [2.05, 4.69) is 11.3 Å².